The maximum Gasteiger partial charge on any atom is 0.414 e. The lowest BCUT2D eigenvalue weighted by Gasteiger charge is -2.26. The van der Waals surface area contributed by atoms with Gasteiger partial charge in [0.15, 0.2) is 0 Å². The number of nitrogens with one attached hydrogen (secondary N) is 1. The van der Waals surface area contributed by atoms with Gasteiger partial charge in [0.25, 0.3) is 5.91 Å². The highest BCUT2D eigenvalue weighted by atomic mass is 35.5. The van der Waals surface area contributed by atoms with Gasteiger partial charge in [0.1, 0.15) is 16.8 Å². The molecule has 0 saturated carbocycles. The summed E-state index contributed by atoms with van der Waals surface area (Å²) < 4.78 is 5.11. The molecule has 1 fully saturated rings. The second-order valence-corrected chi connectivity index (χ2v) is 6.57. The SMILES string of the molecule is CC(C)(C)OC(=O)NC(=O)[C@H]1CCCN1c1ccc(Cl)nc1. The van der Waals surface area contributed by atoms with E-state index in [0.717, 1.165) is 18.7 Å². The highest BCUT2D eigenvalue weighted by molar-refractivity contribution is 6.29. The summed E-state index contributed by atoms with van der Waals surface area (Å²) in [4.78, 5) is 30.0. The molecule has 0 aromatic carbocycles. The van der Waals surface area contributed by atoms with Gasteiger partial charge in [-0.2, -0.15) is 0 Å². The van der Waals surface area contributed by atoms with Gasteiger partial charge in [-0.3, -0.25) is 10.1 Å². The second kappa shape index (κ2) is 6.52. The normalized spacial score (nSPS) is 18.2. The Morgan fingerprint density at radius 1 is 1.41 bits per heavy atom. The summed E-state index contributed by atoms with van der Waals surface area (Å²) in [7, 11) is 0. The molecule has 120 valence electrons. The lowest BCUT2D eigenvalue weighted by atomic mass is 10.2. The van der Waals surface area contributed by atoms with E-state index in [1.54, 1.807) is 33.0 Å². The fraction of sp³-hybridized carbons (Fsp3) is 0.533. The van der Waals surface area contributed by atoms with Gasteiger partial charge < -0.3 is 9.64 Å². The number of carbonyl (C=O) groups excluding carboxylic acids is 2. The number of carbonyl (C=O) groups is 2. The van der Waals surface area contributed by atoms with Crippen molar-refractivity contribution in [3.8, 4) is 0 Å². The van der Waals surface area contributed by atoms with E-state index in [9.17, 15) is 9.59 Å². The lowest BCUT2D eigenvalue weighted by molar-refractivity contribution is -0.121. The van der Waals surface area contributed by atoms with Gasteiger partial charge in [-0.25, -0.2) is 9.78 Å². The molecule has 0 spiro atoms. The van der Waals surface area contributed by atoms with Crippen LogP contribution in [0, 0.1) is 0 Å². The van der Waals surface area contributed by atoms with Gasteiger partial charge in [0, 0.05) is 6.54 Å². The van der Waals surface area contributed by atoms with Crippen LogP contribution in [0.5, 0.6) is 0 Å². The molecule has 2 heterocycles. The highest BCUT2D eigenvalue weighted by Crippen LogP contribution is 2.25. The topological polar surface area (TPSA) is 71.5 Å². The van der Waals surface area contributed by atoms with Gasteiger partial charge in [-0.15, -0.1) is 0 Å². The Balaban J connectivity index is 2.02. The van der Waals surface area contributed by atoms with Crippen molar-refractivity contribution in [1.29, 1.82) is 0 Å². The summed E-state index contributed by atoms with van der Waals surface area (Å²) in [6, 6.07) is 3.09. The van der Waals surface area contributed by atoms with Crippen LogP contribution in [-0.4, -0.2) is 35.2 Å². The summed E-state index contributed by atoms with van der Waals surface area (Å²) in [5, 5.41) is 2.70. The standard InChI is InChI=1S/C15H20ClN3O3/c1-15(2,3)22-14(21)18-13(20)11-5-4-8-19(11)10-6-7-12(16)17-9-10/h6-7,9,11H,4-5,8H2,1-3H3,(H,18,20,21)/t11-/m1/s1. The van der Waals surface area contributed by atoms with Crippen LogP contribution < -0.4 is 10.2 Å². The first kappa shape index (κ1) is 16.5. The van der Waals surface area contributed by atoms with Crippen LogP contribution >= 0.6 is 11.6 Å². The number of imide groups is 1. The Morgan fingerprint density at radius 2 is 2.14 bits per heavy atom. The summed E-state index contributed by atoms with van der Waals surface area (Å²) >= 11 is 5.78. The first-order chi connectivity index (χ1) is 10.3. The molecule has 1 aromatic rings. The third-order valence-electron chi connectivity index (χ3n) is 3.22. The smallest absolute Gasteiger partial charge is 0.414 e. The van der Waals surface area contributed by atoms with Crippen LogP contribution in [-0.2, 0) is 9.53 Å². The van der Waals surface area contributed by atoms with Gasteiger partial charge >= 0.3 is 6.09 Å². The number of halogens is 1. The van der Waals surface area contributed by atoms with Crippen molar-refractivity contribution in [2.24, 2.45) is 0 Å². The van der Waals surface area contributed by atoms with E-state index in [0.29, 0.717) is 11.6 Å². The number of pyridine rings is 1. The van der Waals surface area contributed by atoms with Crippen LogP contribution in [0.25, 0.3) is 0 Å². The van der Waals surface area contributed by atoms with Crippen LogP contribution in [0.4, 0.5) is 10.5 Å². The minimum atomic E-state index is -0.724. The zero-order valence-electron chi connectivity index (χ0n) is 12.9. The molecule has 0 radical (unpaired) electrons. The Bertz CT molecular complexity index is 554. The van der Waals surface area contributed by atoms with Gasteiger partial charge in [-0.1, -0.05) is 11.6 Å². The molecule has 1 atom stereocenters. The van der Waals surface area contributed by atoms with E-state index in [4.69, 9.17) is 16.3 Å². The average molecular weight is 326 g/mol. The summed E-state index contributed by atoms with van der Waals surface area (Å²) in [6.45, 7) is 5.98. The molecular weight excluding hydrogens is 306 g/mol. The predicted octanol–water partition coefficient (Wildman–Crippen LogP) is 2.76. The molecule has 1 aromatic heterocycles. The Kier molecular flexibility index (Phi) is 4.90. The molecule has 1 saturated heterocycles. The Morgan fingerprint density at radius 3 is 2.73 bits per heavy atom. The monoisotopic (exact) mass is 325 g/mol. The number of nitrogens with zero attached hydrogens (tertiary/aromatic N) is 2. The van der Waals surface area contributed by atoms with Crippen LogP contribution in [0.2, 0.25) is 5.15 Å². The number of alkyl carbamates (subject to hydrolysis) is 1. The molecule has 1 N–H and O–H groups in total. The number of aromatic nitrogens is 1. The molecule has 0 aliphatic carbocycles. The fourth-order valence-electron chi connectivity index (χ4n) is 2.37. The second-order valence-electron chi connectivity index (χ2n) is 6.18. The highest BCUT2D eigenvalue weighted by Gasteiger charge is 2.32. The van der Waals surface area contributed by atoms with Crippen molar-refractivity contribution in [3.63, 3.8) is 0 Å². The van der Waals surface area contributed by atoms with E-state index in [1.165, 1.54) is 0 Å². The van der Waals surface area contributed by atoms with Gasteiger partial charge in [0.05, 0.1) is 11.9 Å². The predicted molar refractivity (Wildman–Crippen MR) is 84.0 cm³/mol. The lowest BCUT2D eigenvalue weighted by Crippen LogP contribution is -2.47. The third kappa shape index (κ3) is 4.34. The summed E-state index contributed by atoms with van der Waals surface area (Å²) in [5.74, 6) is -0.360. The number of amides is 2. The molecule has 1 aliphatic rings. The number of ether oxygens (including phenoxy) is 1. The Labute approximate surface area is 134 Å². The first-order valence-electron chi connectivity index (χ1n) is 7.18. The van der Waals surface area contributed by atoms with E-state index < -0.39 is 17.7 Å². The zero-order valence-corrected chi connectivity index (χ0v) is 13.7. The maximum atomic E-state index is 12.3. The molecular formula is C15H20ClN3O3. The number of rotatable bonds is 2. The molecule has 0 unspecified atom stereocenters. The van der Waals surface area contributed by atoms with Crippen LogP contribution in [0.15, 0.2) is 18.3 Å². The average Bonchev–Trinajstić information content (AvgIpc) is 2.86. The van der Waals surface area contributed by atoms with Crippen molar-refractivity contribution < 1.29 is 14.3 Å². The largest absolute Gasteiger partial charge is 0.444 e. The van der Waals surface area contributed by atoms with Gasteiger partial charge in [0.2, 0.25) is 0 Å². The van der Waals surface area contributed by atoms with Crippen molar-refractivity contribution in [1.82, 2.24) is 10.3 Å². The number of anilines is 1. The van der Waals surface area contributed by atoms with E-state index in [-0.39, 0.29) is 5.91 Å². The summed E-state index contributed by atoms with van der Waals surface area (Å²) in [5.41, 5.74) is 0.172. The molecule has 2 rings (SSSR count). The molecule has 2 amide bonds. The van der Waals surface area contributed by atoms with Crippen LogP contribution in [0.3, 0.4) is 0 Å². The van der Waals surface area contributed by atoms with Crippen molar-refractivity contribution in [2.75, 3.05) is 11.4 Å². The van der Waals surface area contributed by atoms with Crippen molar-refractivity contribution in [3.05, 3.63) is 23.5 Å². The molecule has 1 aliphatic heterocycles. The summed E-state index contributed by atoms with van der Waals surface area (Å²) in [6.07, 6.45) is 2.45. The fourth-order valence-corrected chi connectivity index (χ4v) is 2.49. The Hall–Kier alpha value is -1.82. The maximum absolute atomic E-state index is 12.3. The van der Waals surface area contributed by atoms with E-state index in [1.807, 2.05) is 11.0 Å². The number of hydrogen-bond acceptors (Lipinski definition) is 5. The minimum absolute atomic E-state index is 0.360. The third-order valence-corrected chi connectivity index (χ3v) is 3.45. The molecule has 7 heteroatoms. The van der Waals surface area contributed by atoms with Gasteiger partial charge in [-0.05, 0) is 45.7 Å². The van der Waals surface area contributed by atoms with Crippen molar-refractivity contribution >= 4 is 29.3 Å². The number of hydrogen-bond donors (Lipinski definition) is 1. The first-order valence-corrected chi connectivity index (χ1v) is 7.56. The van der Waals surface area contributed by atoms with E-state index in [2.05, 4.69) is 10.3 Å². The van der Waals surface area contributed by atoms with Crippen LogP contribution in [0.1, 0.15) is 33.6 Å². The van der Waals surface area contributed by atoms with Crippen molar-refractivity contribution in [2.45, 2.75) is 45.3 Å². The molecule has 6 nitrogen and oxygen atoms in total. The zero-order chi connectivity index (χ0) is 16.3. The quantitative estimate of drug-likeness (QED) is 0.846. The minimum Gasteiger partial charge on any atom is -0.444 e. The van der Waals surface area contributed by atoms with E-state index >= 15 is 0 Å². The molecule has 0 bridgehead atoms. The molecule has 22 heavy (non-hydrogen) atoms.